The zero-order valence-corrected chi connectivity index (χ0v) is 10.9. The zero-order valence-electron chi connectivity index (χ0n) is 10.9. The molecule has 0 saturated carbocycles. The largest absolute Gasteiger partial charge is 0.331 e. The molecule has 0 saturated heterocycles. The maximum atomic E-state index is 12.2. The number of nitrogens with zero attached hydrogens (tertiary/aromatic N) is 3. The Labute approximate surface area is 114 Å². The van der Waals surface area contributed by atoms with E-state index in [1.54, 1.807) is 31.2 Å². The van der Waals surface area contributed by atoms with Crippen molar-refractivity contribution in [1.29, 1.82) is 0 Å². The molecule has 0 aliphatic heterocycles. The second-order valence-electron chi connectivity index (χ2n) is 4.57. The Kier molecular flexibility index (Phi) is 2.90. The van der Waals surface area contributed by atoms with Gasteiger partial charge in [0.25, 0.3) is 11.8 Å². The number of Topliss-reactive ketones (excluding diaryl/α,β-unsaturated/α-hetero) is 1. The summed E-state index contributed by atoms with van der Waals surface area (Å²) in [7, 11) is 0. The summed E-state index contributed by atoms with van der Waals surface area (Å²) < 4.78 is 2.93. The molecule has 0 bridgehead atoms. The monoisotopic (exact) mass is 269 g/mol. The number of ketones is 1. The van der Waals surface area contributed by atoms with E-state index in [9.17, 15) is 9.59 Å². The first-order valence-corrected chi connectivity index (χ1v) is 6.20. The Bertz CT molecular complexity index is 833. The SMILES string of the molecule is Cc1cc(=O)c2n(CC(=O)c3ccccc3)nc[n+]2[nH]1. The first kappa shape index (κ1) is 12.3. The van der Waals surface area contributed by atoms with Crippen LogP contribution in [0.5, 0.6) is 0 Å². The number of H-pyrrole nitrogens is 1. The van der Waals surface area contributed by atoms with Crippen LogP contribution < -0.4 is 9.94 Å². The van der Waals surface area contributed by atoms with Crippen LogP contribution in [0.1, 0.15) is 16.1 Å². The third kappa shape index (κ3) is 2.11. The Morgan fingerprint density at radius 2 is 2.10 bits per heavy atom. The van der Waals surface area contributed by atoms with Gasteiger partial charge in [0, 0.05) is 22.4 Å². The van der Waals surface area contributed by atoms with E-state index >= 15 is 0 Å². The fourth-order valence-corrected chi connectivity index (χ4v) is 2.13. The Hall–Kier alpha value is -2.76. The summed E-state index contributed by atoms with van der Waals surface area (Å²) in [6, 6.07) is 10.4. The van der Waals surface area contributed by atoms with Crippen molar-refractivity contribution < 1.29 is 9.31 Å². The predicted molar refractivity (Wildman–Crippen MR) is 71.5 cm³/mol. The molecule has 0 aliphatic rings. The van der Waals surface area contributed by atoms with Crippen molar-refractivity contribution in [3.8, 4) is 0 Å². The molecule has 1 aromatic carbocycles. The lowest BCUT2D eigenvalue weighted by Crippen LogP contribution is -2.32. The molecule has 3 rings (SSSR count). The molecule has 0 aliphatic carbocycles. The first-order valence-electron chi connectivity index (χ1n) is 6.20. The highest BCUT2D eigenvalue weighted by molar-refractivity contribution is 5.95. The highest BCUT2D eigenvalue weighted by atomic mass is 16.1. The van der Waals surface area contributed by atoms with Gasteiger partial charge in [0.15, 0.2) is 12.3 Å². The normalized spacial score (nSPS) is 10.8. The molecule has 1 N–H and O–H groups in total. The van der Waals surface area contributed by atoms with Crippen LogP contribution in [0.25, 0.3) is 5.65 Å². The molecule has 20 heavy (non-hydrogen) atoms. The number of carbonyl (C=O) groups is 1. The molecule has 0 atom stereocenters. The molecule has 6 nitrogen and oxygen atoms in total. The van der Waals surface area contributed by atoms with Crippen LogP contribution in [0.2, 0.25) is 0 Å². The van der Waals surface area contributed by atoms with Crippen LogP contribution in [0.15, 0.2) is 47.5 Å². The number of fused-ring (bicyclic) bond motifs is 1. The van der Waals surface area contributed by atoms with Gasteiger partial charge in [-0.1, -0.05) is 35.0 Å². The number of aromatic nitrogens is 4. The lowest BCUT2D eigenvalue weighted by Gasteiger charge is -1.97. The van der Waals surface area contributed by atoms with Crippen molar-refractivity contribution in [2.24, 2.45) is 0 Å². The summed E-state index contributed by atoms with van der Waals surface area (Å²) in [5.41, 5.74) is 1.52. The summed E-state index contributed by atoms with van der Waals surface area (Å²) in [5, 5.41) is 7.08. The number of benzene rings is 1. The maximum Gasteiger partial charge on any atom is 0.331 e. The highest BCUT2D eigenvalue weighted by Crippen LogP contribution is 2.02. The summed E-state index contributed by atoms with van der Waals surface area (Å²) in [6.45, 7) is 1.83. The van der Waals surface area contributed by atoms with Gasteiger partial charge in [-0.2, -0.15) is 0 Å². The molecule has 0 spiro atoms. The van der Waals surface area contributed by atoms with Gasteiger partial charge in [-0.15, -0.1) is 4.52 Å². The van der Waals surface area contributed by atoms with Crippen molar-refractivity contribution in [2.45, 2.75) is 13.5 Å². The Morgan fingerprint density at radius 1 is 1.35 bits per heavy atom. The second kappa shape index (κ2) is 4.73. The molecule has 6 heteroatoms. The molecule has 0 amide bonds. The third-order valence-electron chi connectivity index (χ3n) is 3.03. The van der Waals surface area contributed by atoms with Crippen LogP contribution in [-0.4, -0.2) is 20.7 Å². The smallest absolute Gasteiger partial charge is 0.290 e. The number of nitrogens with one attached hydrogen (secondary N) is 1. The Balaban J connectivity index is 2.00. The fraction of sp³-hybridized carbons (Fsp3) is 0.143. The summed E-state index contributed by atoms with van der Waals surface area (Å²) in [5.74, 6) is -0.0869. The van der Waals surface area contributed by atoms with Crippen LogP contribution in [0.4, 0.5) is 0 Å². The van der Waals surface area contributed by atoms with Crippen molar-refractivity contribution >= 4 is 11.4 Å². The van der Waals surface area contributed by atoms with Gasteiger partial charge in [-0.3, -0.25) is 9.59 Å². The van der Waals surface area contributed by atoms with E-state index < -0.39 is 0 Å². The number of rotatable bonds is 3. The molecule has 0 radical (unpaired) electrons. The molecule has 3 aromatic rings. The molecule has 0 fully saturated rings. The van der Waals surface area contributed by atoms with E-state index in [2.05, 4.69) is 10.2 Å². The standard InChI is InChI=1S/C14H12N4O2/c1-10-7-12(19)14-17(15-9-18(14)16-10)8-13(20)11-5-3-2-4-6-11/h2-7,9H,8H2,1H3/p+1. The Morgan fingerprint density at radius 3 is 2.85 bits per heavy atom. The molecule has 100 valence electrons. The van der Waals surface area contributed by atoms with Crippen LogP contribution in [0.3, 0.4) is 0 Å². The average molecular weight is 269 g/mol. The number of hydrogen-bond donors (Lipinski definition) is 1. The molecular formula is C14H13N4O2+. The van der Waals surface area contributed by atoms with Crippen LogP contribution in [0, 0.1) is 6.92 Å². The molecular weight excluding hydrogens is 256 g/mol. The van der Waals surface area contributed by atoms with Crippen LogP contribution >= 0.6 is 0 Å². The molecule has 0 unspecified atom stereocenters. The van der Waals surface area contributed by atoms with Gasteiger partial charge in [-0.25, -0.2) is 5.10 Å². The van der Waals surface area contributed by atoms with Crippen molar-refractivity contribution in [3.05, 3.63) is 64.2 Å². The van der Waals surface area contributed by atoms with E-state index in [0.29, 0.717) is 11.2 Å². The first-order chi connectivity index (χ1) is 9.65. The van der Waals surface area contributed by atoms with Gasteiger partial charge in [0.1, 0.15) is 0 Å². The number of aromatic amines is 1. The predicted octanol–water partition coefficient (Wildman–Crippen LogP) is 0.501. The summed E-state index contributed by atoms with van der Waals surface area (Å²) in [4.78, 5) is 24.1. The summed E-state index contributed by atoms with van der Waals surface area (Å²) >= 11 is 0. The minimum atomic E-state index is -0.167. The van der Waals surface area contributed by atoms with Crippen molar-refractivity contribution in [3.63, 3.8) is 0 Å². The van der Waals surface area contributed by atoms with Gasteiger partial charge in [0.05, 0.1) is 0 Å². The lowest BCUT2D eigenvalue weighted by molar-refractivity contribution is -0.582. The lowest BCUT2D eigenvalue weighted by atomic mass is 10.1. The van der Waals surface area contributed by atoms with E-state index in [0.717, 1.165) is 5.69 Å². The quantitative estimate of drug-likeness (QED) is 0.556. The van der Waals surface area contributed by atoms with E-state index in [4.69, 9.17) is 0 Å². The number of hydrogen-bond acceptors (Lipinski definition) is 3. The van der Waals surface area contributed by atoms with E-state index in [1.807, 2.05) is 6.07 Å². The van der Waals surface area contributed by atoms with Gasteiger partial charge in [0.2, 0.25) is 0 Å². The number of carbonyl (C=O) groups excluding carboxylic acids is 1. The van der Waals surface area contributed by atoms with Crippen LogP contribution in [-0.2, 0) is 6.54 Å². The minimum Gasteiger partial charge on any atom is -0.290 e. The third-order valence-corrected chi connectivity index (χ3v) is 3.03. The summed E-state index contributed by atoms with van der Waals surface area (Å²) in [6.07, 6.45) is 1.49. The van der Waals surface area contributed by atoms with Crippen molar-refractivity contribution in [2.75, 3.05) is 0 Å². The van der Waals surface area contributed by atoms with Gasteiger partial charge in [-0.05, 0) is 6.92 Å². The molecule has 2 aromatic heterocycles. The second-order valence-corrected chi connectivity index (χ2v) is 4.57. The van der Waals surface area contributed by atoms with Gasteiger partial charge < -0.3 is 0 Å². The topological polar surface area (TPSA) is 71.8 Å². The zero-order chi connectivity index (χ0) is 14.1. The van der Waals surface area contributed by atoms with Gasteiger partial charge >= 0.3 is 5.65 Å². The highest BCUT2D eigenvalue weighted by Gasteiger charge is 2.19. The van der Waals surface area contributed by atoms with E-state index in [-0.39, 0.29) is 17.8 Å². The number of aryl methyl sites for hydroxylation is 1. The maximum absolute atomic E-state index is 12.2. The minimum absolute atomic E-state index is 0.0344. The molecule has 2 heterocycles. The fourth-order valence-electron chi connectivity index (χ4n) is 2.13. The average Bonchev–Trinajstić information content (AvgIpc) is 2.82. The van der Waals surface area contributed by atoms with E-state index in [1.165, 1.54) is 21.6 Å². The van der Waals surface area contributed by atoms with Crippen molar-refractivity contribution in [1.82, 2.24) is 14.9 Å².